The summed E-state index contributed by atoms with van der Waals surface area (Å²) in [7, 11) is 5.75. The van der Waals surface area contributed by atoms with E-state index in [-0.39, 0.29) is 11.4 Å². The standard InChI is InChI=1S/C23H34N4O2/c1-24(2)22(29)27-10-8-23(9-11-27)17-18(19-6-4-5-7-20(19)23)16-21(28)26-14-12-25(3)13-15-26/h4-7,18H,8-17H2,1-3H3/t18-/m0/s1. The van der Waals surface area contributed by atoms with Crippen LogP contribution < -0.4 is 0 Å². The molecule has 2 fully saturated rings. The van der Waals surface area contributed by atoms with Gasteiger partial charge in [0.25, 0.3) is 0 Å². The Bertz CT molecular complexity index is 762. The molecular formula is C23H34N4O2. The Morgan fingerprint density at radius 1 is 1.00 bits per heavy atom. The highest BCUT2D eigenvalue weighted by molar-refractivity contribution is 5.78. The summed E-state index contributed by atoms with van der Waals surface area (Å²) in [5.41, 5.74) is 2.91. The highest BCUT2D eigenvalue weighted by Crippen LogP contribution is 2.52. The van der Waals surface area contributed by atoms with Crippen LogP contribution in [0.3, 0.4) is 0 Å². The Hall–Kier alpha value is -2.08. The Morgan fingerprint density at radius 3 is 2.31 bits per heavy atom. The zero-order valence-corrected chi connectivity index (χ0v) is 18.1. The molecule has 1 aliphatic carbocycles. The van der Waals surface area contributed by atoms with Gasteiger partial charge in [0.15, 0.2) is 0 Å². The minimum absolute atomic E-state index is 0.105. The molecule has 3 aliphatic rings. The van der Waals surface area contributed by atoms with Crippen LogP contribution >= 0.6 is 0 Å². The van der Waals surface area contributed by atoms with E-state index >= 15 is 0 Å². The second kappa shape index (κ2) is 7.98. The first-order valence-corrected chi connectivity index (χ1v) is 10.9. The molecule has 1 atom stereocenters. The van der Waals surface area contributed by atoms with Gasteiger partial charge in [-0.05, 0) is 48.8 Å². The van der Waals surface area contributed by atoms with Gasteiger partial charge in [0.1, 0.15) is 0 Å². The number of hydrogen-bond acceptors (Lipinski definition) is 3. The lowest BCUT2D eigenvalue weighted by atomic mass is 9.73. The van der Waals surface area contributed by atoms with Crippen molar-refractivity contribution in [3.63, 3.8) is 0 Å². The van der Waals surface area contributed by atoms with Crippen LogP contribution in [0.15, 0.2) is 24.3 Å². The van der Waals surface area contributed by atoms with Crippen LogP contribution in [-0.2, 0) is 10.2 Å². The van der Waals surface area contributed by atoms with E-state index in [0.717, 1.165) is 58.5 Å². The number of urea groups is 1. The molecule has 1 aromatic carbocycles. The number of likely N-dealkylation sites (tertiary alicyclic amines) is 1. The fraction of sp³-hybridized carbons (Fsp3) is 0.652. The zero-order chi connectivity index (χ0) is 20.6. The fourth-order valence-corrected chi connectivity index (χ4v) is 5.49. The first-order chi connectivity index (χ1) is 13.9. The highest BCUT2D eigenvalue weighted by Gasteiger charge is 2.46. The average Bonchev–Trinajstić information content (AvgIpc) is 3.02. The maximum Gasteiger partial charge on any atom is 0.319 e. The van der Waals surface area contributed by atoms with Crippen molar-refractivity contribution >= 4 is 11.9 Å². The van der Waals surface area contributed by atoms with Gasteiger partial charge in [-0.25, -0.2) is 4.79 Å². The van der Waals surface area contributed by atoms with E-state index in [0.29, 0.717) is 18.2 Å². The fourth-order valence-electron chi connectivity index (χ4n) is 5.49. The number of likely N-dealkylation sites (N-methyl/N-ethyl adjacent to an activating group) is 1. The molecule has 0 radical (unpaired) electrons. The number of benzene rings is 1. The van der Waals surface area contributed by atoms with Crippen LogP contribution in [0.5, 0.6) is 0 Å². The number of amides is 3. The van der Waals surface area contributed by atoms with Gasteiger partial charge < -0.3 is 19.6 Å². The lowest BCUT2D eigenvalue weighted by Gasteiger charge is -2.41. The van der Waals surface area contributed by atoms with E-state index in [1.54, 1.807) is 4.90 Å². The van der Waals surface area contributed by atoms with E-state index in [4.69, 9.17) is 0 Å². The maximum atomic E-state index is 13.0. The predicted molar refractivity (Wildman–Crippen MR) is 114 cm³/mol. The quantitative estimate of drug-likeness (QED) is 0.768. The molecule has 158 valence electrons. The van der Waals surface area contributed by atoms with Crippen molar-refractivity contribution in [3.05, 3.63) is 35.4 Å². The Kier molecular flexibility index (Phi) is 5.56. The van der Waals surface area contributed by atoms with Crippen LogP contribution in [-0.4, -0.2) is 91.9 Å². The minimum atomic E-state index is 0.105. The highest BCUT2D eigenvalue weighted by atomic mass is 16.2. The lowest BCUT2D eigenvalue weighted by Crippen LogP contribution is -2.48. The maximum absolute atomic E-state index is 13.0. The van der Waals surface area contributed by atoms with E-state index in [2.05, 4.69) is 36.2 Å². The molecular weight excluding hydrogens is 364 g/mol. The van der Waals surface area contributed by atoms with E-state index in [1.807, 2.05) is 23.9 Å². The second-order valence-electron chi connectivity index (χ2n) is 9.32. The molecule has 2 saturated heterocycles. The number of piperazine rings is 1. The predicted octanol–water partition coefficient (Wildman–Crippen LogP) is 2.35. The first-order valence-electron chi connectivity index (χ1n) is 10.9. The van der Waals surface area contributed by atoms with Crippen molar-refractivity contribution in [2.75, 3.05) is 60.4 Å². The van der Waals surface area contributed by atoms with Crippen LogP contribution in [0.4, 0.5) is 4.79 Å². The summed E-state index contributed by atoms with van der Waals surface area (Å²) in [4.78, 5) is 33.3. The van der Waals surface area contributed by atoms with E-state index in [9.17, 15) is 9.59 Å². The van der Waals surface area contributed by atoms with Crippen LogP contribution in [0.2, 0.25) is 0 Å². The van der Waals surface area contributed by atoms with E-state index in [1.165, 1.54) is 11.1 Å². The molecule has 2 aliphatic heterocycles. The topological polar surface area (TPSA) is 47.1 Å². The number of hydrogen-bond donors (Lipinski definition) is 0. The molecule has 3 amide bonds. The lowest BCUT2D eigenvalue weighted by molar-refractivity contribution is -0.133. The third-order valence-electron chi connectivity index (χ3n) is 7.26. The first kappa shape index (κ1) is 20.2. The summed E-state index contributed by atoms with van der Waals surface area (Å²) in [6, 6.07) is 8.83. The van der Waals surface area contributed by atoms with Crippen molar-refractivity contribution < 1.29 is 9.59 Å². The van der Waals surface area contributed by atoms with Gasteiger partial charge in [-0.15, -0.1) is 0 Å². The van der Waals surface area contributed by atoms with Crippen molar-refractivity contribution in [2.24, 2.45) is 0 Å². The largest absolute Gasteiger partial charge is 0.340 e. The number of fused-ring (bicyclic) bond motifs is 2. The number of rotatable bonds is 2. The molecule has 6 heteroatoms. The zero-order valence-electron chi connectivity index (χ0n) is 18.1. The normalized spacial score (nSPS) is 23.9. The molecule has 29 heavy (non-hydrogen) atoms. The van der Waals surface area contributed by atoms with Crippen molar-refractivity contribution in [1.29, 1.82) is 0 Å². The van der Waals surface area contributed by atoms with Gasteiger partial charge in [0, 0.05) is 59.8 Å². The molecule has 0 N–H and O–H groups in total. The van der Waals surface area contributed by atoms with E-state index < -0.39 is 0 Å². The second-order valence-corrected chi connectivity index (χ2v) is 9.32. The number of piperidine rings is 1. The molecule has 2 heterocycles. The summed E-state index contributed by atoms with van der Waals surface area (Å²) in [5.74, 6) is 0.602. The third kappa shape index (κ3) is 3.87. The summed E-state index contributed by atoms with van der Waals surface area (Å²) in [5, 5.41) is 0. The average molecular weight is 399 g/mol. The minimum Gasteiger partial charge on any atom is -0.340 e. The van der Waals surface area contributed by atoms with Gasteiger partial charge in [0.2, 0.25) is 5.91 Å². The van der Waals surface area contributed by atoms with Gasteiger partial charge in [-0.3, -0.25) is 4.79 Å². The molecule has 4 rings (SSSR count). The molecule has 1 spiro atoms. The molecule has 0 bridgehead atoms. The molecule has 0 saturated carbocycles. The molecule has 6 nitrogen and oxygen atoms in total. The summed E-state index contributed by atoms with van der Waals surface area (Å²) in [6.07, 6.45) is 3.63. The smallest absolute Gasteiger partial charge is 0.319 e. The van der Waals surface area contributed by atoms with Crippen LogP contribution in [0.25, 0.3) is 0 Å². The number of nitrogens with zero attached hydrogens (tertiary/aromatic N) is 4. The molecule has 1 aromatic rings. The summed E-state index contributed by atoms with van der Waals surface area (Å²) >= 11 is 0. The van der Waals surface area contributed by atoms with Crippen LogP contribution in [0.1, 0.15) is 42.7 Å². The van der Waals surface area contributed by atoms with Gasteiger partial charge in [-0.1, -0.05) is 24.3 Å². The Labute approximate surface area is 174 Å². The number of carbonyl (C=O) groups excluding carboxylic acids is 2. The number of carbonyl (C=O) groups is 2. The van der Waals surface area contributed by atoms with Gasteiger partial charge in [-0.2, -0.15) is 0 Å². The van der Waals surface area contributed by atoms with Crippen LogP contribution in [0, 0.1) is 0 Å². The van der Waals surface area contributed by atoms with Crippen molar-refractivity contribution in [1.82, 2.24) is 19.6 Å². The Balaban J connectivity index is 1.47. The molecule has 0 unspecified atom stereocenters. The Morgan fingerprint density at radius 2 is 1.66 bits per heavy atom. The molecule has 0 aromatic heterocycles. The van der Waals surface area contributed by atoms with Gasteiger partial charge >= 0.3 is 6.03 Å². The van der Waals surface area contributed by atoms with Crippen molar-refractivity contribution in [2.45, 2.75) is 37.0 Å². The third-order valence-corrected chi connectivity index (χ3v) is 7.26. The summed E-state index contributed by atoms with van der Waals surface area (Å²) in [6.45, 7) is 5.21. The monoisotopic (exact) mass is 398 g/mol. The SMILES string of the molecule is CN1CCN(C(=O)C[C@H]2CC3(CCN(C(=O)N(C)C)CC3)c3ccccc32)CC1. The van der Waals surface area contributed by atoms with Gasteiger partial charge in [0.05, 0.1) is 0 Å². The summed E-state index contributed by atoms with van der Waals surface area (Å²) < 4.78 is 0. The van der Waals surface area contributed by atoms with Crippen molar-refractivity contribution in [3.8, 4) is 0 Å².